The summed E-state index contributed by atoms with van der Waals surface area (Å²) in [5.74, 6) is -0.597. The topological polar surface area (TPSA) is 113 Å². The first-order valence-electron chi connectivity index (χ1n) is 12.1. The van der Waals surface area contributed by atoms with E-state index in [2.05, 4.69) is 20.8 Å². The standard InChI is InChI=1S/C29H24N4O4/c1-16(34)37-15-17-7-9-19(10-8-17)27-24-14-30-33-29(36)23-11-20(12-25(32-27)26(23)24)31-28(35)22-13-21(22)18-5-3-2-4-6-18/h2-12,14,21-22,32H,13,15H2,1H3,(H,31,35)(H,33,36). The third kappa shape index (κ3) is 4.38. The highest BCUT2D eigenvalue weighted by Gasteiger charge is 2.43. The number of amides is 2. The lowest BCUT2D eigenvalue weighted by Gasteiger charge is -2.08. The van der Waals surface area contributed by atoms with Gasteiger partial charge in [-0.05, 0) is 41.2 Å². The van der Waals surface area contributed by atoms with Crippen LogP contribution in [-0.4, -0.2) is 29.0 Å². The fraction of sp³-hybridized carbons (Fsp3) is 0.172. The second-order valence-corrected chi connectivity index (χ2v) is 9.38. The molecule has 3 aromatic carbocycles. The highest BCUT2D eigenvalue weighted by molar-refractivity contribution is 6.18. The van der Waals surface area contributed by atoms with Crippen molar-refractivity contribution in [1.82, 2.24) is 10.4 Å². The molecule has 0 saturated heterocycles. The van der Waals surface area contributed by atoms with Crippen LogP contribution >= 0.6 is 0 Å². The van der Waals surface area contributed by atoms with Crippen LogP contribution in [0.25, 0.3) is 22.2 Å². The number of carbonyl (C=O) groups is 3. The molecule has 2 heterocycles. The molecule has 0 radical (unpaired) electrons. The molecule has 184 valence electrons. The smallest absolute Gasteiger partial charge is 0.302 e. The molecule has 2 unspecified atom stereocenters. The Balaban J connectivity index is 1.31. The van der Waals surface area contributed by atoms with E-state index in [0.29, 0.717) is 11.3 Å². The maximum Gasteiger partial charge on any atom is 0.302 e. The Bertz CT molecular complexity index is 1570. The minimum atomic E-state index is -0.341. The molecule has 8 heteroatoms. The Morgan fingerprint density at radius 1 is 1.08 bits per heavy atom. The fourth-order valence-corrected chi connectivity index (χ4v) is 4.92. The zero-order chi connectivity index (χ0) is 25.5. The molecule has 1 aliphatic carbocycles. The number of rotatable bonds is 6. The van der Waals surface area contributed by atoms with E-state index in [4.69, 9.17) is 4.74 Å². The third-order valence-corrected chi connectivity index (χ3v) is 6.85. The van der Waals surface area contributed by atoms with Gasteiger partial charge in [0.25, 0.3) is 5.91 Å². The molecule has 1 aliphatic heterocycles. The lowest BCUT2D eigenvalue weighted by Crippen LogP contribution is -2.18. The number of anilines is 1. The van der Waals surface area contributed by atoms with Gasteiger partial charge >= 0.3 is 5.97 Å². The van der Waals surface area contributed by atoms with Crippen LogP contribution in [0.15, 0.2) is 71.8 Å². The van der Waals surface area contributed by atoms with Gasteiger partial charge < -0.3 is 15.0 Å². The number of hydrogen-bond donors (Lipinski definition) is 3. The van der Waals surface area contributed by atoms with Crippen LogP contribution in [-0.2, 0) is 20.9 Å². The van der Waals surface area contributed by atoms with Crippen LogP contribution < -0.4 is 10.7 Å². The number of benzene rings is 3. The molecule has 37 heavy (non-hydrogen) atoms. The van der Waals surface area contributed by atoms with Crippen molar-refractivity contribution in [2.45, 2.75) is 25.9 Å². The molecule has 1 aromatic heterocycles. The summed E-state index contributed by atoms with van der Waals surface area (Å²) in [6.07, 6.45) is 2.44. The van der Waals surface area contributed by atoms with E-state index in [1.807, 2.05) is 60.7 Å². The molecule has 4 aromatic rings. The van der Waals surface area contributed by atoms with Gasteiger partial charge in [-0.1, -0.05) is 54.6 Å². The summed E-state index contributed by atoms with van der Waals surface area (Å²) in [5, 5.41) is 7.85. The molecule has 2 atom stereocenters. The van der Waals surface area contributed by atoms with Gasteiger partial charge in [0.15, 0.2) is 0 Å². The molecule has 0 spiro atoms. The minimum absolute atomic E-state index is 0.0546. The Hall–Kier alpha value is -4.72. The van der Waals surface area contributed by atoms with Gasteiger partial charge in [-0.25, -0.2) is 5.43 Å². The van der Waals surface area contributed by atoms with Gasteiger partial charge in [-0.3, -0.25) is 14.4 Å². The Kier molecular flexibility index (Phi) is 5.56. The van der Waals surface area contributed by atoms with Crippen molar-refractivity contribution in [3.8, 4) is 11.3 Å². The average Bonchev–Trinajstić information content (AvgIpc) is 3.66. The molecule has 6 rings (SSSR count). The second kappa shape index (κ2) is 9.05. The number of aromatic amines is 1. The highest BCUT2D eigenvalue weighted by atomic mass is 16.5. The highest BCUT2D eigenvalue weighted by Crippen LogP contribution is 2.48. The van der Waals surface area contributed by atoms with Crippen molar-refractivity contribution in [1.29, 1.82) is 0 Å². The van der Waals surface area contributed by atoms with E-state index < -0.39 is 0 Å². The van der Waals surface area contributed by atoms with E-state index in [0.717, 1.165) is 39.7 Å². The predicted octanol–water partition coefficient (Wildman–Crippen LogP) is 4.72. The maximum atomic E-state index is 13.0. The van der Waals surface area contributed by atoms with Crippen LogP contribution in [0.3, 0.4) is 0 Å². The van der Waals surface area contributed by atoms with Crippen molar-refractivity contribution in [2.24, 2.45) is 11.0 Å². The van der Waals surface area contributed by atoms with Gasteiger partial charge in [-0.2, -0.15) is 5.10 Å². The fourth-order valence-electron chi connectivity index (χ4n) is 4.92. The van der Waals surface area contributed by atoms with Crippen molar-refractivity contribution < 1.29 is 19.1 Å². The lowest BCUT2D eigenvalue weighted by atomic mass is 10.0. The number of esters is 1. The van der Waals surface area contributed by atoms with Crippen molar-refractivity contribution >= 4 is 40.6 Å². The molecule has 1 saturated carbocycles. The first-order valence-corrected chi connectivity index (χ1v) is 12.1. The molecule has 2 aliphatic rings. The normalized spacial score (nSPS) is 17.7. The molecular weight excluding hydrogens is 468 g/mol. The van der Waals surface area contributed by atoms with E-state index in [9.17, 15) is 14.4 Å². The summed E-state index contributed by atoms with van der Waals surface area (Å²) in [4.78, 5) is 40.4. The summed E-state index contributed by atoms with van der Waals surface area (Å²) >= 11 is 0. The maximum absolute atomic E-state index is 13.0. The predicted molar refractivity (Wildman–Crippen MR) is 140 cm³/mol. The number of aromatic nitrogens is 1. The van der Waals surface area contributed by atoms with E-state index in [1.165, 1.54) is 12.5 Å². The number of nitrogens with zero attached hydrogens (tertiary/aromatic N) is 1. The Labute approximate surface area is 212 Å². The lowest BCUT2D eigenvalue weighted by molar-refractivity contribution is -0.142. The van der Waals surface area contributed by atoms with Crippen molar-refractivity contribution in [2.75, 3.05) is 5.32 Å². The van der Waals surface area contributed by atoms with E-state index in [1.54, 1.807) is 12.3 Å². The summed E-state index contributed by atoms with van der Waals surface area (Å²) < 4.78 is 5.07. The van der Waals surface area contributed by atoms with E-state index >= 15 is 0 Å². The minimum Gasteiger partial charge on any atom is -0.461 e. The quantitative estimate of drug-likeness (QED) is 0.338. The summed E-state index contributed by atoms with van der Waals surface area (Å²) in [6.45, 7) is 1.58. The van der Waals surface area contributed by atoms with Gasteiger partial charge in [-0.15, -0.1) is 0 Å². The molecule has 2 amide bonds. The number of hydrazone groups is 1. The van der Waals surface area contributed by atoms with Gasteiger partial charge in [0.05, 0.1) is 17.5 Å². The zero-order valence-electron chi connectivity index (χ0n) is 20.1. The zero-order valence-corrected chi connectivity index (χ0v) is 20.1. The van der Waals surface area contributed by atoms with Crippen molar-refractivity contribution in [3.63, 3.8) is 0 Å². The summed E-state index contributed by atoms with van der Waals surface area (Å²) in [5.41, 5.74) is 8.76. The van der Waals surface area contributed by atoms with Gasteiger partial charge in [0.2, 0.25) is 5.91 Å². The second-order valence-electron chi connectivity index (χ2n) is 9.38. The van der Waals surface area contributed by atoms with Crippen LogP contribution in [0.4, 0.5) is 5.69 Å². The van der Waals surface area contributed by atoms with Crippen molar-refractivity contribution in [3.05, 3.63) is 89.0 Å². The number of ether oxygens (including phenoxy) is 1. The number of carbonyl (C=O) groups excluding carboxylic acids is 3. The van der Waals surface area contributed by atoms with Crippen LogP contribution in [0.5, 0.6) is 0 Å². The van der Waals surface area contributed by atoms with Crippen LogP contribution in [0.1, 0.15) is 46.3 Å². The van der Waals surface area contributed by atoms with Gasteiger partial charge in [0.1, 0.15) is 6.61 Å². The number of nitrogens with one attached hydrogen (secondary N) is 3. The first-order chi connectivity index (χ1) is 18.0. The number of H-pyrrole nitrogens is 1. The van der Waals surface area contributed by atoms with E-state index in [-0.39, 0.29) is 36.2 Å². The SMILES string of the molecule is CC(=O)OCc1ccc(-c2[nH]c3cc(NC(=O)C4CC4c4ccccc4)cc4c3c2C=NNC4=O)cc1. The van der Waals surface area contributed by atoms with Crippen LogP contribution in [0, 0.1) is 5.92 Å². The molecule has 8 nitrogen and oxygen atoms in total. The molecule has 1 fully saturated rings. The first kappa shape index (κ1) is 22.7. The Morgan fingerprint density at radius 3 is 2.62 bits per heavy atom. The summed E-state index contributed by atoms with van der Waals surface area (Å²) in [6, 6.07) is 21.2. The molecule has 0 bridgehead atoms. The van der Waals surface area contributed by atoms with Gasteiger partial charge in [0, 0.05) is 35.0 Å². The molecule has 3 N–H and O–H groups in total. The average molecular weight is 493 g/mol. The van der Waals surface area contributed by atoms with Crippen LogP contribution in [0.2, 0.25) is 0 Å². The third-order valence-electron chi connectivity index (χ3n) is 6.85. The summed E-state index contributed by atoms with van der Waals surface area (Å²) in [7, 11) is 0. The Morgan fingerprint density at radius 2 is 1.86 bits per heavy atom. The monoisotopic (exact) mass is 492 g/mol. The largest absolute Gasteiger partial charge is 0.461 e. The number of hydrogen-bond acceptors (Lipinski definition) is 5. The molecular formula is C29H24N4O4.